The monoisotopic (exact) mass is 374 g/mol. The molecule has 0 spiro atoms. The van der Waals surface area contributed by atoms with Gasteiger partial charge in [0.2, 0.25) is 5.91 Å². The Morgan fingerprint density at radius 3 is 2.35 bits per heavy atom. The molecule has 0 fully saturated rings. The van der Waals surface area contributed by atoms with Crippen LogP contribution < -0.4 is 9.62 Å². The molecule has 2 aromatic carbocycles. The third-order valence-electron chi connectivity index (χ3n) is 3.96. The van der Waals surface area contributed by atoms with E-state index < -0.39 is 10.0 Å². The molecule has 1 amide bonds. The number of hydrogen-bond donors (Lipinski definition) is 1. The molecule has 0 atom stereocenters. The topological polar surface area (TPSA) is 66.5 Å². The highest BCUT2D eigenvalue weighted by Gasteiger charge is 2.28. The van der Waals surface area contributed by atoms with E-state index in [1.54, 1.807) is 36.4 Å². The predicted molar refractivity (Wildman–Crippen MR) is 105 cm³/mol. The molecule has 0 aromatic heterocycles. The largest absolute Gasteiger partial charge is 0.354 e. The number of rotatable bonds is 7. The van der Waals surface area contributed by atoms with Gasteiger partial charge in [0.05, 0.1) is 10.6 Å². The molecule has 2 aromatic rings. The third-order valence-corrected chi connectivity index (χ3v) is 5.73. The van der Waals surface area contributed by atoms with E-state index in [4.69, 9.17) is 0 Å². The summed E-state index contributed by atoms with van der Waals surface area (Å²) in [6.45, 7) is 7.97. The molecular weight excluding hydrogens is 348 g/mol. The van der Waals surface area contributed by atoms with E-state index in [-0.39, 0.29) is 17.3 Å². The number of anilines is 1. The summed E-state index contributed by atoms with van der Waals surface area (Å²) in [4.78, 5) is 12.6. The lowest BCUT2D eigenvalue weighted by molar-refractivity contribution is -0.119. The molecule has 0 saturated carbocycles. The number of hydrogen-bond acceptors (Lipinski definition) is 3. The van der Waals surface area contributed by atoms with Crippen LogP contribution in [-0.4, -0.2) is 27.4 Å². The Morgan fingerprint density at radius 2 is 1.73 bits per heavy atom. The van der Waals surface area contributed by atoms with Crippen LogP contribution >= 0.6 is 0 Å². The van der Waals surface area contributed by atoms with Crippen LogP contribution in [-0.2, 0) is 14.8 Å². The minimum atomic E-state index is -3.85. The first-order valence-corrected chi connectivity index (χ1v) is 10.1. The van der Waals surface area contributed by atoms with Crippen molar-refractivity contribution < 1.29 is 13.2 Å². The number of sulfonamides is 1. The number of nitrogens with zero attached hydrogens (tertiary/aromatic N) is 1. The van der Waals surface area contributed by atoms with Gasteiger partial charge in [-0.3, -0.25) is 9.10 Å². The summed E-state index contributed by atoms with van der Waals surface area (Å²) >= 11 is 0. The van der Waals surface area contributed by atoms with Crippen molar-refractivity contribution in [2.24, 2.45) is 5.92 Å². The zero-order valence-corrected chi connectivity index (χ0v) is 16.5. The van der Waals surface area contributed by atoms with E-state index >= 15 is 0 Å². The summed E-state index contributed by atoms with van der Waals surface area (Å²) in [5, 5.41) is 2.79. The predicted octanol–water partition coefficient (Wildman–Crippen LogP) is 3.27. The summed E-state index contributed by atoms with van der Waals surface area (Å²) in [5.41, 5.74) is 2.25. The fourth-order valence-corrected chi connectivity index (χ4v) is 4.01. The van der Waals surface area contributed by atoms with Crippen molar-refractivity contribution in [3.8, 4) is 0 Å². The smallest absolute Gasteiger partial charge is 0.264 e. The van der Waals surface area contributed by atoms with E-state index in [9.17, 15) is 13.2 Å². The number of carbonyl (C=O) groups excluding carboxylic acids is 1. The summed E-state index contributed by atoms with van der Waals surface area (Å²) in [6.07, 6.45) is 0. The maximum Gasteiger partial charge on any atom is 0.264 e. The van der Waals surface area contributed by atoms with Crippen LogP contribution in [0.1, 0.15) is 25.0 Å². The Balaban J connectivity index is 2.45. The lowest BCUT2D eigenvalue weighted by Gasteiger charge is -2.26. The SMILES string of the molecule is Cc1ccc(C)c(N(CC(=O)NCC(C)C)S(=O)(=O)c2ccccc2)c1. The van der Waals surface area contributed by atoms with Crippen LogP contribution in [0.15, 0.2) is 53.4 Å². The Bertz CT molecular complexity index is 862. The Labute approximate surface area is 156 Å². The maximum atomic E-state index is 13.2. The van der Waals surface area contributed by atoms with Crippen LogP contribution in [0.25, 0.3) is 0 Å². The Morgan fingerprint density at radius 1 is 1.08 bits per heavy atom. The zero-order valence-electron chi connectivity index (χ0n) is 15.7. The van der Waals surface area contributed by atoms with Gasteiger partial charge in [0.1, 0.15) is 6.54 Å². The van der Waals surface area contributed by atoms with E-state index in [0.717, 1.165) is 11.1 Å². The second kappa shape index (κ2) is 8.36. The van der Waals surface area contributed by atoms with E-state index in [0.29, 0.717) is 18.2 Å². The molecule has 0 bridgehead atoms. The summed E-state index contributed by atoms with van der Waals surface area (Å²) in [7, 11) is -3.85. The van der Waals surface area contributed by atoms with Crippen molar-refractivity contribution in [1.82, 2.24) is 5.32 Å². The van der Waals surface area contributed by atoms with Gasteiger partial charge >= 0.3 is 0 Å². The van der Waals surface area contributed by atoms with Gasteiger partial charge in [-0.25, -0.2) is 8.42 Å². The van der Waals surface area contributed by atoms with Crippen molar-refractivity contribution in [3.63, 3.8) is 0 Å². The standard InChI is InChI=1S/C20H26N2O3S/c1-15(2)13-21-20(23)14-22(19-12-16(3)10-11-17(19)4)26(24,25)18-8-6-5-7-9-18/h5-12,15H,13-14H2,1-4H3,(H,21,23). The highest BCUT2D eigenvalue weighted by atomic mass is 32.2. The van der Waals surface area contributed by atoms with E-state index in [1.807, 2.05) is 39.8 Å². The highest BCUT2D eigenvalue weighted by molar-refractivity contribution is 7.92. The van der Waals surface area contributed by atoms with Gasteiger partial charge < -0.3 is 5.32 Å². The van der Waals surface area contributed by atoms with Crippen molar-refractivity contribution in [2.75, 3.05) is 17.4 Å². The molecular formula is C20H26N2O3S. The van der Waals surface area contributed by atoms with Crippen molar-refractivity contribution in [1.29, 1.82) is 0 Å². The van der Waals surface area contributed by atoms with Gasteiger partial charge in [0, 0.05) is 6.54 Å². The maximum absolute atomic E-state index is 13.2. The molecule has 0 aliphatic heterocycles. The molecule has 0 saturated heterocycles. The van der Waals surface area contributed by atoms with Gasteiger partial charge in [-0.15, -0.1) is 0 Å². The number of aryl methyl sites for hydroxylation is 2. The molecule has 0 aliphatic rings. The molecule has 6 heteroatoms. The summed E-state index contributed by atoms with van der Waals surface area (Å²) < 4.78 is 27.6. The fourth-order valence-electron chi connectivity index (χ4n) is 2.51. The van der Waals surface area contributed by atoms with Crippen LogP contribution in [0.2, 0.25) is 0 Å². The first kappa shape index (κ1) is 20.0. The molecule has 5 nitrogen and oxygen atoms in total. The Kier molecular flexibility index (Phi) is 6.42. The lowest BCUT2D eigenvalue weighted by Crippen LogP contribution is -2.42. The van der Waals surface area contributed by atoms with Crippen LogP contribution in [0.5, 0.6) is 0 Å². The fraction of sp³-hybridized carbons (Fsp3) is 0.350. The average Bonchev–Trinajstić information content (AvgIpc) is 2.60. The van der Waals surface area contributed by atoms with E-state index in [2.05, 4.69) is 5.32 Å². The van der Waals surface area contributed by atoms with E-state index in [1.165, 1.54) is 4.31 Å². The highest BCUT2D eigenvalue weighted by Crippen LogP contribution is 2.27. The molecule has 1 N–H and O–H groups in total. The van der Waals surface area contributed by atoms with Gasteiger partial charge in [-0.1, -0.05) is 44.2 Å². The number of benzene rings is 2. The quantitative estimate of drug-likeness (QED) is 0.809. The van der Waals surface area contributed by atoms with Crippen molar-refractivity contribution in [2.45, 2.75) is 32.6 Å². The average molecular weight is 375 g/mol. The normalized spacial score (nSPS) is 11.4. The zero-order chi connectivity index (χ0) is 19.3. The van der Waals surface area contributed by atoms with Crippen LogP contribution in [0.3, 0.4) is 0 Å². The van der Waals surface area contributed by atoms with Gasteiger partial charge in [0.25, 0.3) is 10.0 Å². The first-order chi connectivity index (χ1) is 12.2. The van der Waals surface area contributed by atoms with Crippen molar-refractivity contribution >= 4 is 21.6 Å². The van der Waals surface area contributed by atoms with Gasteiger partial charge in [-0.2, -0.15) is 0 Å². The first-order valence-electron chi connectivity index (χ1n) is 8.63. The summed E-state index contributed by atoms with van der Waals surface area (Å²) in [6, 6.07) is 13.8. The molecule has 0 unspecified atom stereocenters. The molecule has 0 radical (unpaired) electrons. The third kappa shape index (κ3) is 4.85. The number of nitrogens with one attached hydrogen (secondary N) is 1. The minimum Gasteiger partial charge on any atom is -0.354 e. The molecule has 0 aliphatic carbocycles. The molecule has 26 heavy (non-hydrogen) atoms. The van der Waals surface area contributed by atoms with Crippen LogP contribution in [0.4, 0.5) is 5.69 Å². The van der Waals surface area contributed by atoms with Crippen molar-refractivity contribution in [3.05, 3.63) is 59.7 Å². The number of amides is 1. The number of carbonyl (C=O) groups is 1. The van der Waals surface area contributed by atoms with Crippen LogP contribution in [0, 0.1) is 19.8 Å². The second-order valence-corrected chi connectivity index (χ2v) is 8.67. The summed E-state index contributed by atoms with van der Waals surface area (Å²) in [5.74, 6) is -0.0297. The minimum absolute atomic E-state index is 0.164. The molecule has 2 rings (SSSR count). The van der Waals surface area contributed by atoms with Gasteiger partial charge in [0.15, 0.2) is 0 Å². The molecule has 140 valence electrons. The lowest BCUT2D eigenvalue weighted by atomic mass is 10.1. The second-order valence-electron chi connectivity index (χ2n) is 6.81. The van der Waals surface area contributed by atoms with Gasteiger partial charge in [-0.05, 0) is 49.1 Å². The molecule has 0 heterocycles. The Hall–Kier alpha value is -2.34.